The van der Waals surface area contributed by atoms with Gasteiger partial charge in [-0.15, -0.1) is 11.3 Å². The highest BCUT2D eigenvalue weighted by atomic mass is 32.2. The van der Waals surface area contributed by atoms with Crippen LogP contribution < -0.4 is 9.79 Å². The lowest BCUT2D eigenvalue weighted by atomic mass is 10.1. The molecule has 3 aromatic carbocycles. The lowest BCUT2D eigenvalue weighted by Crippen LogP contribution is -2.30. The molecule has 6 nitrogen and oxygen atoms in total. The summed E-state index contributed by atoms with van der Waals surface area (Å²) in [7, 11) is -4.14. The number of fused-ring (bicyclic) bond motifs is 1. The van der Waals surface area contributed by atoms with E-state index < -0.39 is 28.4 Å². The topological polar surface area (TPSA) is 86.7 Å². The van der Waals surface area contributed by atoms with Crippen molar-refractivity contribution in [1.82, 2.24) is 5.48 Å². The van der Waals surface area contributed by atoms with E-state index in [0.717, 1.165) is 21.7 Å². The molecule has 0 unspecified atom stereocenters. The number of carbonyl (C=O) groups is 1. The Kier molecular flexibility index (Phi) is 6.65. The summed E-state index contributed by atoms with van der Waals surface area (Å²) < 4.78 is 56.7. The number of amides is 1. The lowest BCUT2D eigenvalue weighted by molar-refractivity contribution is 0.0706. The van der Waals surface area contributed by atoms with Crippen LogP contribution in [0.2, 0.25) is 0 Å². The molecule has 0 radical (unpaired) electrons. The van der Waals surface area contributed by atoms with Crippen LogP contribution in [-0.2, 0) is 23.2 Å². The molecule has 0 atom stereocenters. The van der Waals surface area contributed by atoms with Gasteiger partial charge in [0.2, 0.25) is 0 Å². The standard InChI is InChI=1S/C24H20F2N2O4S2/c1-15-20-4-2-3-5-22(20)33-24(15)28(14-16-6-11-21(26)18(12-16)13-25)34(31,32)19-9-7-17(8-10-19)23(29)27-30/h2-12,30H,13-14H2,1H3,(H,27,29). The number of anilines is 1. The minimum atomic E-state index is -4.14. The molecule has 0 saturated heterocycles. The molecule has 4 rings (SSSR count). The molecule has 0 spiro atoms. The van der Waals surface area contributed by atoms with Gasteiger partial charge in [0, 0.05) is 15.8 Å². The molecule has 0 bridgehead atoms. The van der Waals surface area contributed by atoms with Gasteiger partial charge in [-0.1, -0.05) is 24.3 Å². The molecule has 0 aliphatic carbocycles. The van der Waals surface area contributed by atoms with Crippen LogP contribution >= 0.6 is 11.3 Å². The van der Waals surface area contributed by atoms with E-state index in [2.05, 4.69) is 0 Å². The third-order valence-corrected chi connectivity index (χ3v) is 8.60. The summed E-state index contributed by atoms with van der Waals surface area (Å²) in [5.74, 6) is -1.47. The second-order valence-electron chi connectivity index (χ2n) is 7.56. The summed E-state index contributed by atoms with van der Waals surface area (Å²) in [5.41, 5.74) is 2.61. The Morgan fingerprint density at radius 3 is 2.44 bits per heavy atom. The van der Waals surface area contributed by atoms with Gasteiger partial charge in [0.15, 0.2) is 0 Å². The molecule has 1 aromatic heterocycles. The molecule has 1 amide bonds. The molecule has 10 heteroatoms. The normalized spacial score (nSPS) is 11.5. The number of benzene rings is 3. The van der Waals surface area contributed by atoms with Crippen LogP contribution in [0.4, 0.5) is 13.8 Å². The predicted molar refractivity (Wildman–Crippen MR) is 127 cm³/mol. The maximum absolute atomic E-state index is 13.8. The summed E-state index contributed by atoms with van der Waals surface area (Å²) in [6.07, 6.45) is 0. The van der Waals surface area contributed by atoms with Crippen molar-refractivity contribution in [3.63, 3.8) is 0 Å². The van der Waals surface area contributed by atoms with E-state index >= 15 is 0 Å². The van der Waals surface area contributed by atoms with Crippen LogP contribution in [0, 0.1) is 12.7 Å². The number of aryl methyl sites for hydroxylation is 1. The second-order valence-corrected chi connectivity index (χ2v) is 10.5. The van der Waals surface area contributed by atoms with E-state index in [4.69, 9.17) is 5.21 Å². The highest BCUT2D eigenvalue weighted by Gasteiger charge is 2.29. The van der Waals surface area contributed by atoms with E-state index in [0.29, 0.717) is 10.6 Å². The Hall–Kier alpha value is -3.34. The van der Waals surface area contributed by atoms with Crippen LogP contribution in [0.15, 0.2) is 71.6 Å². The Morgan fingerprint density at radius 2 is 1.79 bits per heavy atom. The molecule has 4 aromatic rings. The molecular formula is C24H20F2N2O4S2. The average molecular weight is 503 g/mol. The van der Waals surface area contributed by atoms with Crippen molar-refractivity contribution in [2.24, 2.45) is 0 Å². The van der Waals surface area contributed by atoms with Gasteiger partial charge < -0.3 is 0 Å². The Balaban J connectivity index is 1.84. The molecule has 0 saturated carbocycles. The number of rotatable bonds is 7. The zero-order valence-electron chi connectivity index (χ0n) is 18.0. The fourth-order valence-corrected chi connectivity index (χ4v) is 6.56. The molecule has 0 fully saturated rings. The quantitative estimate of drug-likeness (QED) is 0.264. The molecular weight excluding hydrogens is 482 g/mol. The largest absolute Gasteiger partial charge is 0.288 e. The van der Waals surface area contributed by atoms with Crippen LogP contribution in [0.25, 0.3) is 10.1 Å². The molecule has 2 N–H and O–H groups in total. The Bertz CT molecular complexity index is 1470. The SMILES string of the molecule is Cc1c(N(Cc2ccc(F)c(CF)c2)S(=O)(=O)c2ccc(C(=O)NO)cc2)sc2ccccc12. The minimum Gasteiger partial charge on any atom is -0.288 e. The number of hydrogen-bond donors (Lipinski definition) is 2. The maximum Gasteiger partial charge on any atom is 0.274 e. The van der Waals surface area contributed by atoms with Gasteiger partial charge in [-0.05, 0) is 65.9 Å². The zero-order valence-corrected chi connectivity index (χ0v) is 19.6. The van der Waals surface area contributed by atoms with Crippen molar-refractivity contribution in [2.45, 2.75) is 25.0 Å². The predicted octanol–water partition coefficient (Wildman–Crippen LogP) is 5.33. The first kappa shape index (κ1) is 23.8. The van der Waals surface area contributed by atoms with Crippen LogP contribution in [-0.4, -0.2) is 19.5 Å². The van der Waals surface area contributed by atoms with Crippen LogP contribution in [0.3, 0.4) is 0 Å². The first-order chi connectivity index (χ1) is 16.3. The van der Waals surface area contributed by atoms with Crippen LogP contribution in [0.5, 0.6) is 0 Å². The smallest absolute Gasteiger partial charge is 0.274 e. The number of nitrogens with zero attached hydrogens (tertiary/aromatic N) is 1. The van der Waals surface area contributed by atoms with E-state index in [9.17, 15) is 22.0 Å². The lowest BCUT2D eigenvalue weighted by Gasteiger charge is -2.24. The van der Waals surface area contributed by atoms with Crippen molar-refractivity contribution >= 4 is 42.4 Å². The number of alkyl halides is 1. The second kappa shape index (κ2) is 9.49. The average Bonchev–Trinajstić information content (AvgIpc) is 3.19. The fraction of sp³-hybridized carbons (Fsp3) is 0.125. The molecule has 34 heavy (non-hydrogen) atoms. The van der Waals surface area contributed by atoms with E-state index in [1.54, 1.807) is 0 Å². The number of hydroxylamine groups is 1. The van der Waals surface area contributed by atoms with Gasteiger partial charge in [-0.3, -0.25) is 14.3 Å². The summed E-state index contributed by atoms with van der Waals surface area (Å²) in [6.45, 7) is 0.661. The molecule has 1 heterocycles. The van der Waals surface area contributed by atoms with Crippen LogP contribution in [0.1, 0.15) is 27.0 Å². The minimum absolute atomic E-state index is 0.0772. The zero-order chi connectivity index (χ0) is 24.5. The third kappa shape index (κ3) is 4.39. The summed E-state index contributed by atoms with van der Waals surface area (Å²) in [4.78, 5) is 11.5. The van der Waals surface area contributed by atoms with Crippen molar-refractivity contribution in [3.8, 4) is 0 Å². The highest BCUT2D eigenvalue weighted by molar-refractivity contribution is 7.93. The number of carbonyl (C=O) groups excluding carboxylic acids is 1. The maximum atomic E-state index is 13.8. The highest BCUT2D eigenvalue weighted by Crippen LogP contribution is 2.40. The Morgan fingerprint density at radius 1 is 1.09 bits per heavy atom. The first-order valence-electron chi connectivity index (χ1n) is 10.1. The van der Waals surface area contributed by atoms with Crippen molar-refractivity contribution in [1.29, 1.82) is 0 Å². The number of nitrogens with one attached hydrogen (secondary N) is 1. The summed E-state index contributed by atoms with van der Waals surface area (Å²) in [6, 6.07) is 16.5. The number of hydrogen-bond acceptors (Lipinski definition) is 5. The molecule has 0 aliphatic rings. The monoisotopic (exact) mass is 502 g/mol. The van der Waals surface area contributed by atoms with Gasteiger partial charge in [-0.2, -0.15) is 0 Å². The Labute approximate surface area is 199 Å². The summed E-state index contributed by atoms with van der Waals surface area (Å²) >= 11 is 1.30. The van der Waals surface area contributed by atoms with Gasteiger partial charge in [-0.25, -0.2) is 22.7 Å². The van der Waals surface area contributed by atoms with Gasteiger partial charge in [0.05, 0.1) is 11.4 Å². The number of halogens is 2. The van der Waals surface area contributed by atoms with Gasteiger partial charge >= 0.3 is 0 Å². The van der Waals surface area contributed by atoms with Gasteiger partial charge in [0.1, 0.15) is 17.5 Å². The van der Waals surface area contributed by atoms with E-state index in [1.165, 1.54) is 57.5 Å². The molecule has 176 valence electrons. The number of thiophene rings is 1. The van der Waals surface area contributed by atoms with Crippen molar-refractivity contribution in [2.75, 3.05) is 4.31 Å². The van der Waals surface area contributed by atoms with Crippen molar-refractivity contribution < 1.29 is 27.2 Å². The van der Waals surface area contributed by atoms with E-state index in [-0.39, 0.29) is 22.6 Å². The van der Waals surface area contributed by atoms with E-state index in [1.807, 2.05) is 31.2 Å². The third-order valence-electron chi connectivity index (χ3n) is 5.43. The van der Waals surface area contributed by atoms with Crippen molar-refractivity contribution in [3.05, 3.63) is 94.8 Å². The molecule has 0 aliphatic heterocycles. The van der Waals surface area contributed by atoms with Gasteiger partial charge in [0.25, 0.3) is 15.9 Å². The summed E-state index contributed by atoms with van der Waals surface area (Å²) in [5, 5.41) is 10.2. The number of sulfonamides is 1. The first-order valence-corrected chi connectivity index (χ1v) is 12.4. The fourth-order valence-electron chi connectivity index (χ4n) is 3.63.